The molecular formula is C14H17N5O2. The van der Waals surface area contributed by atoms with Crippen LogP contribution in [0, 0.1) is 13.8 Å². The van der Waals surface area contributed by atoms with E-state index in [1.807, 2.05) is 13.8 Å². The van der Waals surface area contributed by atoms with Gasteiger partial charge in [-0.25, -0.2) is 9.67 Å². The molecule has 110 valence electrons. The Morgan fingerprint density at radius 3 is 2.81 bits per heavy atom. The van der Waals surface area contributed by atoms with Gasteiger partial charge in [-0.05, 0) is 19.9 Å². The van der Waals surface area contributed by atoms with Crippen LogP contribution in [0.3, 0.4) is 0 Å². The Bertz CT molecular complexity index is 683. The zero-order valence-corrected chi connectivity index (χ0v) is 12.0. The second kappa shape index (κ2) is 5.61. The molecule has 2 atom stereocenters. The third kappa shape index (κ3) is 2.92. The molecule has 2 aromatic heterocycles. The van der Waals surface area contributed by atoms with Gasteiger partial charge in [0.25, 0.3) is 5.56 Å². The normalized spacial score (nSPS) is 21.4. The second-order valence-electron chi connectivity index (χ2n) is 5.16. The third-order valence-corrected chi connectivity index (χ3v) is 3.44. The predicted octanol–water partition coefficient (Wildman–Crippen LogP) is 0.702. The van der Waals surface area contributed by atoms with Gasteiger partial charge in [0.05, 0.1) is 43.0 Å². The van der Waals surface area contributed by atoms with E-state index in [0.717, 1.165) is 11.4 Å². The van der Waals surface area contributed by atoms with Crippen molar-refractivity contribution < 1.29 is 4.74 Å². The van der Waals surface area contributed by atoms with E-state index in [-0.39, 0.29) is 17.6 Å². The smallest absolute Gasteiger partial charge is 0.267 e. The van der Waals surface area contributed by atoms with Crippen molar-refractivity contribution in [1.29, 1.82) is 0 Å². The molecule has 1 saturated heterocycles. The first-order valence-electron chi connectivity index (χ1n) is 6.83. The number of nitrogens with zero attached hydrogens (tertiary/aromatic N) is 4. The molecule has 1 aliphatic rings. The number of aromatic nitrogens is 4. The second-order valence-corrected chi connectivity index (χ2v) is 5.16. The maximum Gasteiger partial charge on any atom is 0.267 e. The van der Waals surface area contributed by atoms with Crippen molar-refractivity contribution >= 4 is 5.82 Å². The highest BCUT2D eigenvalue weighted by Gasteiger charge is 2.31. The van der Waals surface area contributed by atoms with Crippen LogP contribution in [0.5, 0.6) is 0 Å². The number of hydrogen-bond donors (Lipinski definition) is 1. The van der Waals surface area contributed by atoms with E-state index in [0.29, 0.717) is 19.0 Å². The van der Waals surface area contributed by atoms with Gasteiger partial charge in [0, 0.05) is 6.07 Å². The summed E-state index contributed by atoms with van der Waals surface area (Å²) in [4.78, 5) is 20.5. The molecule has 0 bridgehead atoms. The van der Waals surface area contributed by atoms with Crippen LogP contribution in [-0.2, 0) is 4.74 Å². The molecule has 0 spiro atoms. The number of aryl methyl sites for hydroxylation is 2. The summed E-state index contributed by atoms with van der Waals surface area (Å²) in [5.41, 5.74) is 1.53. The fourth-order valence-corrected chi connectivity index (χ4v) is 2.34. The molecule has 7 nitrogen and oxygen atoms in total. The highest BCUT2D eigenvalue weighted by Crippen LogP contribution is 2.20. The first kappa shape index (κ1) is 13.7. The average molecular weight is 287 g/mol. The molecule has 2 aromatic rings. The monoisotopic (exact) mass is 287 g/mol. The minimum atomic E-state index is -0.152. The quantitative estimate of drug-likeness (QED) is 0.895. The molecule has 0 aromatic carbocycles. The topological polar surface area (TPSA) is 81.9 Å². The lowest BCUT2D eigenvalue weighted by Gasteiger charge is -2.20. The van der Waals surface area contributed by atoms with Gasteiger partial charge in [-0.3, -0.25) is 9.78 Å². The van der Waals surface area contributed by atoms with Crippen LogP contribution in [0.1, 0.15) is 17.4 Å². The third-order valence-electron chi connectivity index (χ3n) is 3.44. The van der Waals surface area contributed by atoms with Gasteiger partial charge in [0.15, 0.2) is 0 Å². The highest BCUT2D eigenvalue weighted by atomic mass is 16.5. The van der Waals surface area contributed by atoms with Crippen molar-refractivity contribution in [3.05, 3.63) is 46.3 Å². The summed E-state index contributed by atoms with van der Waals surface area (Å²) in [5, 5.41) is 7.57. The van der Waals surface area contributed by atoms with Gasteiger partial charge < -0.3 is 10.1 Å². The lowest BCUT2D eigenvalue weighted by atomic mass is 10.1. The summed E-state index contributed by atoms with van der Waals surface area (Å²) < 4.78 is 6.99. The van der Waals surface area contributed by atoms with E-state index in [4.69, 9.17) is 4.74 Å². The largest absolute Gasteiger partial charge is 0.377 e. The van der Waals surface area contributed by atoms with Crippen LogP contribution >= 0.6 is 0 Å². The summed E-state index contributed by atoms with van der Waals surface area (Å²) in [6, 6.07) is 3.03. The summed E-state index contributed by atoms with van der Waals surface area (Å²) in [6.07, 6.45) is 3.38. The zero-order chi connectivity index (χ0) is 14.8. The van der Waals surface area contributed by atoms with Crippen LogP contribution in [0.4, 0.5) is 5.82 Å². The SMILES string of the molecule is Cc1cnc(NC2COCC2n2nc(C)ccc2=O)cn1. The summed E-state index contributed by atoms with van der Waals surface area (Å²) in [6.45, 7) is 4.70. The van der Waals surface area contributed by atoms with Crippen LogP contribution in [-0.4, -0.2) is 39.0 Å². The van der Waals surface area contributed by atoms with Crippen molar-refractivity contribution in [3.63, 3.8) is 0 Å². The maximum atomic E-state index is 12.0. The first-order valence-corrected chi connectivity index (χ1v) is 6.83. The molecule has 21 heavy (non-hydrogen) atoms. The van der Waals surface area contributed by atoms with Gasteiger partial charge >= 0.3 is 0 Å². The van der Waals surface area contributed by atoms with Crippen molar-refractivity contribution in [2.75, 3.05) is 18.5 Å². The minimum absolute atomic E-state index is 0.0611. The van der Waals surface area contributed by atoms with Crippen LogP contribution in [0.2, 0.25) is 0 Å². The van der Waals surface area contributed by atoms with Crippen molar-refractivity contribution in [3.8, 4) is 0 Å². The van der Waals surface area contributed by atoms with Crippen LogP contribution in [0.15, 0.2) is 29.3 Å². The van der Waals surface area contributed by atoms with E-state index in [1.165, 1.54) is 10.7 Å². The highest BCUT2D eigenvalue weighted by molar-refractivity contribution is 5.33. The number of ether oxygens (including phenoxy) is 1. The van der Waals surface area contributed by atoms with Gasteiger partial charge in [-0.2, -0.15) is 5.10 Å². The summed E-state index contributed by atoms with van der Waals surface area (Å²) in [7, 11) is 0. The van der Waals surface area contributed by atoms with E-state index < -0.39 is 0 Å². The van der Waals surface area contributed by atoms with Crippen molar-refractivity contribution in [2.24, 2.45) is 0 Å². The predicted molar refractivity (Wildman–Crippen MR) is 77.3 cm³/mol. The lowest BCUT2D eigenvalue weighted by Crippen LogP contribution is -2.37. The molecule has 0 radical (unpaired) electrons. The molecule has 0 amide bonds. The summed E-state index contributed by atoms with van der Waals surface area (Å²) >= 11 is 0. The van der Waals surface area contributed by atoms with Gasteiger partial charge in [0.2, 0.25) is 0 Å². The molecule has 1 N–H and O–H groups in total. The van der Waals surface area contributed by atoms with Gasteiger partial charge in [0.1, 0.15) is 11.9 Å². The molecule has 0 saturated carbocycles. The van der Waals surface area contributed by atoms with Gasteiger partial charge in [-0.15, -0.1) is 0 Å². The molecule has 2 unspecified atom stereocenters. The van der Waals surface area contributed by atoms with Crippen molar-refractivity contribution in [1.82, 2.24) is 19.7 Å². The van der Waals surface area contributed by atoms with Crippen LogP contribution in [0.25, 0.3) is 0 Å². The molecule has 1 fully saturated rings. The Hall–Kier alpha value is -2.28. The Morgan fingerprint density at radius 1 is 1.19 bits per heavy atom. The fraction of sp³-hybridized carbons (Fsp3) is 0.429. The van der Waals surface area contributed by atoms with E-state index >= 15 is 0 Å². The standard InChI is InChI=1S/C14H17N5O2/c1-9-3-4-14(20)19(18-9)12-8-21-7-11(12)17-13-6-15-10(2)5-16-13/h3-6,11-12H,7-8H2,1-2H3,(H,16,17). The average Bonchev–Trinajstić information content (AvgIpc) is 2.92. The molecule has 1 aliphatic heterocycles. The van der Waals surface area contributed by atoms with Crippen LogP contribution < -0.4 is 10.9 Å². The van der Waals surface area contributed by atoms with Crippen molar-refractivity contribution in [2.45, 2.75) is 25.9 Å². The Morgan fingerprint density at radius 2 is 2.05 bits per heavy atom. The van der Waals surface area contributed by atoms with E-state index in [1.54, 1.807) is 18.5 Å². The molecule has 3 rings (SSSR count). The minimum Gasteiger partial charge on any atom is -0.377 e. The Labute approximate surface area is 122 Å². The van der Waals surface area contributed by atoms with Gasteiger partial charge in [-0.1, -0.05) is 0 Å². The number of nitrogens with one attached hydrogen (secondary N) is 1. The lowest BCUT2D eigenvalue weighted by molar-refractivity contribution is 0.182. The number of rotatable bonds is 3. The van der Waals surface area contributed by atoms with E-state index in [9.17, 15) is 4.79 Å². The molecular weight excluding hydrogens is 270 g/mol. The Kier molecular flexibility index (Phi) is 3.66. The fourth-order valence-electron chi connectivity index (χ4n) is 2.34. The maximum absolute atomic E-state index is 12.0. The first-order chi connectivity index (χ1) is 10.1. The molecule has 0 aliphatic carbocycles. The number of anilines is 1. The molecule has 3 heterocycles. The Balaban J connectivity index is 1.83. The van der Waals surface area contributed by atoms with E-state index in [2.05, 4.69) is 20.4 Å². The molecule has 7 heteroatoms. The zero-order valence-electron chi connectivity index (χ0n) is 12.0. The number of hydrogen-bond acceptors (Lipinski definition) is 6. The summed E-state index contributed by atoms with van der Waals surface area (Å²) in [5.74, 6) is 0.668.